The number of aryl methyl sites for hydroxylation is 1. The summed E-state index contributed by atoms with van der Waals surface area (Å²) in [5.41, 5.74) is 4.56. The Balaban J connectivity index is 2.56. The average molecular weight is 236 g/mol. The van der Waals surface area contributed by atoms with E-state index >= 15 is 0 Å². The molecule has 1 aromatic rings. The highest BCUT2D eigenvalue weighted by molar-refractivity contribution is 6.44. The van der Waals surface area contributed by atoms with Crippen molar-refractivity contribution in [2.45, 2.75) is 19.7 Å². The first-order valence-corrected chi connectivity index (χ1v) is 6.11. The first-order chi connectivity index (χ1) is 8.80. The van der Waals surface area contributed by atoms with Gasteiger partial charge in [0.05, 0.1) is 11.6 Å². The Morgan fingerprint density at radius 3 is 3.06 bits per heavy atom. The topological polar surface area (TPSA) is 59.7 Å². The molecule has 0 aliphatic carbocycles. The molecule has 2 N–H and O–H groups in total. The van der Waals surface area contributed by atoms with Crippen LogP contribution in [0.15, 0.2) is 18.1 Å². The summed E-state index contributed by atoms with van der Waals surface area (Å²) in [6.07, 6.45) is 3.45. The Labute approximate surface area is 108 Å². The van der Waals surface area contributed by atoms with Crippen LogP contribution in [-0.2, 0) is 6.42 Å². The van der Waals surface area contributed by atoms with Gasteiger partial charge in [-0.25, -0.2) is 0 Å². The van der Waals surface area contributed by atoms with E-state index in [1.165, 1.54) is 11.8 Å². The third-order valence-electron chi connectivity index (χ3n) is 3.11. The van der Waals surface area contributed by atoms with Crippen LogP contribution in [0.4, 0.5) is 5.69 Å². The molecular weight excluding hydrogens is 221 g/mol. The van der Waals surface area contributed by atoms with E-state index in [2.05, 4.69) is 11.4 Å². The molecule has 89 valence electrons. The van der Waals surface area contributed by atoms with Gasteiger partial charge in [-0.2, -0.15) is 5.26 Å². The van der Waals surface area contributed by atoms with Crippen molar-refractivity contribution < 1.29 is 0 Å². The predicted octanol–water partition coefficient (Wildman–Crippen LogP) is 2.66. The van der Waals surface area contributed by atoms with Crippen molar-refractivity contribution >= 4 is 24.8 Å². The number of benzene rings is 1. The summed E-state index contributed by atoms with van der Waals surface area (Å²) in [7, 11) is 1.89. The van der Waals surface area contributed by atoms with Gasteiger partial charge in [-0.05, 0) is 36.1 Å². The summed E-state index contributed by atoms with van der Waals surface area (Å²) in [5.74, 6) is 1.87. The van der Waals surface area contributed by atoms with Gasteiger partial charge in [-0.15, -0.1) is 5.98 Å². The lowest BCUT2D eigenvalue weighted by atomic mass is 9.78. The van der Waals surface area contributed by atoms with Crippen molar-refractivity contribution in [1.82, 2.24) is 0 Å². The first-order valence-electron chi connectivity index (χ1n) is 6.11. The minimum Gasteiger partial charge on any atom is -0.385 e. The SMILES string of the molecule is C[B]/C=C(\C=N)c1cc2c(cc1C#N)NCCC2. The largest absolute Gasteiger partial charge is 0.385 e. The second-order valence-corrected chi connectivity index (χ2v) is 4.30. The molecule has 2 rings (SSSR count). The van der Waals surface area contributed by atoms with Crippen molar-refractivity contribution in [1.29, 1.82) is 10.7 Å². The molecule has 1 aliphatic heterocycles. The molecule has 0 saturated heterocycles. The molecule has 1 radical (unpaired) electrons. The minimum atomic E-state index is 0.625. The van der Waals surface area contributed by atoms with E-state index in [1.807, 2.05) is 32.2 Å². The molecule has 1 aliphatic rings. The van der Waals surface area contributed by atoms with E-state index in [1.54, 1.807) is 0 Å². The maximum absolute atomic E-state index is 9.24. The molecule has 18 heavy (non-hydrogen) atoms. The number of hydrogen-bond acceptors (Lipinski definition) is 3. The van der Waals surface area contributed by atoms with Crippen molar-refractivity contribution in [3.8, 4) is 6.07 Å². The highest BCUT2D eigenvalue weighted by Crippen LogP contribution is 2.28. The van der Waals surface area contributed by atoms with Gasteiger partial charge in [0, 0.05) is 24.0 Å². The van der Waals surface area contributed by atoms with Crippen LogP contribution in [0.3, 0.4) is 0 Å². The highest BCUT2D eigenvalue weighted by atomic mass is 14.9. The van der Waals surface area contributed by atoms with E-state index in [0.29, 0.717) is 5.56 Å². The lowest BCUT2D eigenvalue weighted by molar-refractivity contribution is 0.829. The Morgan fingerprint density at radius 1 is 1.56 bits per heavy atom. The number of fused-ring (bicyclic) bond motifs is 1. The molecule has 4 heteroatoms. The van der Waals surface area contributed by atoms with E-state index in [0.717, 1.165) is 36.2 Å². The monoisotopic (exact) mass is 236 g/mol. The molecule has 0 atom stereocenters. The molecule has 1 aromatic carbocycles. The van der Waals surface area contributed by atoms with Crippen LogP contribution in [0.5, 0.6) is 0 Å². The standard InChI is InChI=1S/C14H15BN3/c1-15-7-12(9-17)13-5-10-3-2-4-18-14(10)6-11(13)8-16/h5-7,9,17-18H,2-4H2,1H3/b12-7+,17-9?. The predicted molar refractivity (Wildman–Crippen MR) is 76.3 cm³/mol. The van der Waals surface area contributed by atoms with E-state index < -0.39 is 0 Å². The van der Waals surface area contributed by atoms with Crippen LogP contribution in [0.25, 0.3) is 5.57 Å². The molecule has 0 saturated carbocycles. The van der Waals surface area contributed by atoms with Crippen LogP contribution in [0.1, 0.15) is 23.1 Å². The van der Waals surface area contributed by atoms with Crippen molar-refractivity contribution in [2.75, 3.05) is 11.9 Å². The van der Waals surface area contributed by atoms with Crippen LogP contribution in [0, 0.1) is 16.7 Å². The molecule has 3 nitrogen and oxygen atoms in total. The van der Waals surface area contributed by atoms with E-state index in [4.69, 9.17) is 5.41 Å². The number of allylic oxidation sites excluding steroid dienone is 1. The molecule has 0 amide bonds. The normalized spacial score (nSPS) is 14.1. The second-order valence-electron chi connectivity index (χ2n) is 4.30. The lowest BCUT2D eigenvalue weighted by Gasteiger charge is -2.20. The fourth-order valence-electron chi connectivity index (χ4n) is 2.24. The summed E-state index contributed by atoms with van der Waals surface area (Å²) >= 11 is 0. The number of anilines is 1. The average Bonchev–Trinajstić information content (AvgIpc) is 2.43. The maximum atomic E-state index is 9.24. The molecule has 0 fully saturated rings. The van der Waals surface area contributed by atoms with E-state index in [9.17, 15) is 5.26 Å². The molecule has 0 unspecified atom stereocenters. The minimum absolute atomic E-state index is 0.625. The number of nitrogens with one attached hydrogen (secondary N) is 2. The van der Waals surface area contributed by atoms with Gasteiger partial charge in [0.2, 0.25) is 0 Å². The van der Waals surface area contributed by atoms with Crippen LogP contribution in [-0.4, -0.2) is 20.0 Å². The number of nitriles is 1. The molecule has 0 aromatic heterocycles. The van der Waals surface area contributed by atoms with Crippen molar-refractivity contribution in [3.05, 3.63) is 34.8 Å². The third-order valence-corrected chi connectivity index (χ3v) is 3.11. The van der Waals surface area contributed by atoms with Gasteiger partial charge in [-0.3, -0.25) is 0 Å². The van der Waals surface area contributed by atoms with Crippen molar-refractivity contribution in [2.24, 2.45) is 0 Å². The van der Waals surface area contributed by atoms with Crippen LogP contribution in [0.2, 0.25) is 6.82 Å². The summed E-state index contributed by atoms with van der Waals surface area (Å²) in [6, 6.07) is 6.16. The van der Waals surface area contributed by atoms with E-state index in [-0.39, 0.29) is 0 Å². The fourth-order valence-corrected chi connectivity index (χ4v) is 2.24. The third kappa shape index (κ3) is 2.30. The van der Waals surface area contributed by atoms with Gasteiger partial charge in [-0.1, -0.05) is 6.82 Å². The van der Waals surface area contributed by atoms with Crippen LogP contribution < -0.4 is 5.32 Å². The zero-order chi connectivity index (χ0) is 13.0. The van der Waals surface area contributed by atoms with Gasteiger partial charge < -0.3 is 10.7 Å². The van der Waals surface area contributed by atoms with Gasteiger partial charge in [0.25, 0.3) is 0 Å². The fraction of sp³-hybridized carbons (Fsp3) is 0.286. The number of hydrogen-bond donors (Lipinski definition) is 2. The van der Waals surface area contributed by atoms with Crippen LogP contribution >= 0.6 is 0 Å². The summed E-state index contributed by atoms with van der Waals surface area (Å²) in [4.78, 5) is 0. The zero-order valence-corrected chi connectivity index (χ0v) is 10.5. The number of nitrogens with zero attached hydrogens (tertiary/aromatic N) is 1. The summed E-state index contributed by atoms with van der Waals surface area (Å²) in [6.45, 7) is 2.88. The Morgan fingerprint density at radius 2 is 2.39 bits per heavy atom. The Hall–Kier alpha value is -2.02. The summed E-state index contributed by atoms with van der Waals surface area (Å²) < 4.78 is 0. The maximum Gasteiger partial charge on any atom is 0.138 e. The second kappa shape index (κ2) is 5.55. The van der Waals surface area contributed by atoms with Gasteiger partial charge in [0.1, 0.15) is 7.28 Å². The molecule has 0 bridgehead atoms. The molecule has 0 spiro atoms. The smallest absolute Gasteiger partial charge is 0.138 e. The quantitative estimate of drug-likeness (QED) is 0.626. The highest BCUT2D eigenvalue weighted by Gasteiger charge is 2.14. The molecule has 1 heterocycles. The Kier molecular flexibility index (Phi) is 3.83. The zero-order valence-electron chi connectivity index (χ0n) is 10.5. The molecular formula is C14H15BN3. The lowest BCUT2D eigenvalue weighted by Crippen LogP contribution is -2.12. The Bertz CT molecular complexity index is 541. The first kappa shape index (κ1) is 12.4. The number of rotatable bonds is 3. The van der Waals surface area contributed by atoms with Gasteiger partial charge >= 0.3 is 0 Å². The summed E-state index contributed by atoms with van der Waals surface area (Å²) in [5, 5.41) is 20.0. The van der Waals surface area contributed by atoms with Gasteiger partial charge in [0.15, 0.2) is 0 Å². The van der Waals surface area contributed by atoms with Crippen molar-refractivity contribution in [3.63, 3.8) is 0 Å².